The van der Waals surface area contributed by atoms with Gasteiger partial charge in [-0.25, -0.2) is 0 Å². The first-order valence-electron chi connectivity index (χ1n) is 4.29. The van der Waals surface area contributed by atoms with Gasteiger partial charge in [0.15, 0.2) is 0 Å². The zero-order valence-electron chi connectivity index (χ0n) is 7.78. The van der Waals surface area contributed by atoms with Gasteiger partial charge in [0.1, 0.15) is 0 Å². The third-order valence-electron chi connectivity index (χ3n) is 1.40. The van der Waals surface area contributed by atoms with Crippen LogP contribution in [0, 0.1) is 0 Å². The predicted molar refractivity (Wildman–Crippen MR) is 76.3 cm³/mol. The minimum atomic E-state index is 0.470. The molecule has 0 aliphatic carbocycles. The maximum atomic E-state index is 6.20. The molecule has 0 aromatic rings. The molecule has 0 N–H and O–H groups in total. The Hall–Kier alpha value is 2.47. The van der Waals surface area contributed by atoms with Gasteiger partial charge in [0.25, 0.3) is 0 Å². The Balaban J connectivity index is 0.000000424. The molecule has 0 amide bonds. The van der Waals surface area contributed by atoms with Crippen molar-refractivity contribution in [2.75, 3.05) is 16.4 Å². The molecule has 12 heavy (non-hydrogen) atoms. The molecule has 0 spiro atoms. The van der Waals surface area contributed by atoms with Crippen molar-refractivity contribution in [3.05, 3.63) is 0 Å². The molecule has 74 valence electrons. The molecular weight excluding hydrogens is 433 g/mol. The van der Waals surface area contributed by atoms with Gasteiger partial charge in [-0.2, -0.15) is 0 Å². The monoisotopic (exact) mass is 451 g/mol. The topological polar surface area (TPSA) is 0 Å². The van der Waals surface area contributed by atoms with Crippen molar-refractivity contribution >= 4 is 77.8 Å². The van der Waals surface area contributed by atoms with Crippen molar-refractivity contribution in [3.8, 4) is 0 Å². The van der Waals surface area contributed by atoms with Crippen LogP contribution in [0.1, 0.15) is 1.37 Å². The molecule has 0 aromatic heterocycles. The fourth-order valence-corrected chi connectivity index (χ4v) is 10.3. The maximum absolute atomic E-state index is 6.20. The van der Waals surface area contributed by atoms with E-state index < -0.39 is 0 Å². The van der Waals surface area contributed by atoms with Gasteiger partial charge in [0.2, 0.25) is 0 Å². The van der Waals surface area contributed by atoms with Gasteiger partial charge in [-0.05, 0) is 4.91 Å². The summed E-state index contributed by atoms with van der Waals surface area (Å²) in [4.78, 5) is 2.42. The third-order valence-corrected chi connectivity index (χ3v) is 11.2. The molecule has 2 unspecified atom stereocenters. The summed E-state index contributed by atoms with van der Waals surface area (Å²) in [5, 5.41) is 2.97. The molecule has 0 radical (unpaired) electrons. The van der Waals surface area contributed by atoms with E-state index in [0.29, 0.717) is 4.91 Å². The van der Waals surface area contributed by atoms with Crippen molar-refractivity contribution in [2.45, 2.75) is 20.3 Å². The molecule has 1 heterocycles. The minimum absolute atomic E-state index is 0.470. The van der Waals surface area contributed by atoms with Crippen LogP contribution in [0.4, 0.5) is 0 Å². The molecule has 0 nitrogen and oxygen atoms in total. The summed E-state index contributed by atoms with van der Waals surface area (Å²) in [7, 11) is 0. The molecule has 1 fully saturated rings. The average Bonchev–Trinajstić information content (AvgIpc) is 2.19. The number of rotatable bonds is 2. The first-order chi connectivity index (χ1) is 6.28. The molecule has 1 aliphatic heterocycles. The van der Waals surface area contributed by atoms with Crippen molar-refractivity contribution < 1.29 is 1.37 Å². The van der Waals surface area contributed by atoms with Crippen molar-refractivity contribution in [1.82, 2.24) is 0 Å². The van der Waals surface area contributed by atoms with Crippen molar-refractivity contribution in [1.29, 1.82) is 0 Å². The zero-order chi connectivity index (χ0) is 10.1. The Bertz CT molecular complexity index is 111. The van der Waals surface area contributed by atoms with Crippen LogP contribution in [0.15, 0.2) is 0 Å². The van der Waals surface area contributed by atoms with E-state index in [1.165, 1.54) is 10.6 Å². The maximum Gasteiger partial charge on any atom is 0.0341 e. The molecule has 0 bridgehead atoms. The Morgan fingerprint density at radius 3 is 2.17 bits per heavy atom. The van der Waals surface area contributed by atoms with Gasteiger partial charge in [0, 0.05) is 1.37 Å². The zero-order valence-corrected chi connectivity index (χ0v) is 14.2. The van der Waals surface area contributed by atoms with E-state index in [-0.39, 0.29) is 0 Å². The van der Waals surface area contributed by atoms with Crippen LogP contribution in [-0.4, -0.2) is 46.3 Å². The molecule has 2 atom stereocenters. The van der Waals surface area contributed by atoms with Gasteiger partial charge in [0.05, 0.1) is 0 Å². The Morgan fingerprint density at radius 1 is 1.42 bits per heavy atom. The quantitative estimate of drug-likeness (QED) is 0.276. The predicted octanol–water partition coefficient (Wildman–Crippen LogP) is 2.73. The molecular formula is C7H15IS2Se2. The number of alkyl halides is 1. The summed E-state index contributed by atoms with van der Waals surface area (Å²) in [5.74, 6) is 2.23. The summed E-state index contributed by atoms with van der Waals surface area (Å²) in [5.41, 5.74) is 0. The van der Waals surface area contributed by atoms with Gasteiger partial charge < -0.3 is 0 Å². The van der Waals surface area contributed by atoms with E-state index in [1.807, 2.05) is 22.6 Å². The molecule has 1 aliphatic rings. The summed E-state index contributed by atoms with van der Waals surface area (Å²) >= 11 is 12.4. The first-order valence-corrected chi connectivity index (χ1v) is 10.8. The first kappa shape index (κ1) is 12.5. The van der Waals surface area contributed by atoms with Crippen LogP contribution in [0.3, 0.4) is 0 Å². The second-order valence-electron chi connectivity index (χ2n) is 2.28. The van der Waals surface area contributed by atoms with Crippen LogP contribution in [0.2, 0.25) is 20.3 Å². The molecule has 1 saturated heterocycles. The number of hydrogen-bond donors (Lipinski definition) is 2. The second-order valence-corrected chi connectivity index (χ2v) is 8.64. The van der Waals surface area contributed by atoms with E-state index in [0.717, 1.165) is 51.1 Å². The fraction of sp³-hybridized carbons (Fsp3) is 1.00. The van der Waals surface area contributed by atoms with Crippen LogP contribution >= 0.6 is 47.8 Å². The van der Waals surface area contributed by atoms with E-state index in [1.54, 1.807) is 0 Å². The van der Waals surface area contributed by atoms with E-state index in [4.69, 9.17) is 1.37 Å². The average molecular weight is 449 g/mol. The van der Waals surface area contributed by atoms with Crippen molar-refractivity contribution in [3.63, 3.8) is 0 Å². The number of thiol groups is 2. The summed E-state index contributed by atoms with van der Waals surface area (Å²) in [6.07, 6.45) is 0. The second kappa shape index (κ2) is 10.0. The number of hydrogen-bond acceptors (Lipinski definition) is 2. The molecule has 5 heteroatoms. The standard InChI is InChI=1S/C6H12S2Se2.CH3I/c7-1-5-3-9-4-6(2-8)10-5;1-2/h5-8H,1-4H2;1H3/i;1D. The minimum Gasteiger partial charge on any atom is -0.0901 e. The van der Waals surface area contributed by atoms with E-state index in [9.17, 15) is 0 Å². The SMILES string of the molecule is SCC1C[Se]CC(CS)[Se]1.[2H]CI. The van der Waals surface area contributed by atoms with Crippen LogP contribution in [0.5, 0.6) is 0 Å². The third kappa shape index (κ3) is 6.05. The van der Waals surface area contributed by atoms with Crippen LogP contribution in [0.25, 0.3) is 0 Å². The molecule has 0 aromatic carbocycles. The smallest absolute Gasteiger partial charge is 0.0341 e. The van der Waals surface area contributed by atoms with Gasteiger partial charge in [-0.15, -0.1) is 0 Å². The normalized spacial score (nSPS) is 30.1. The summed E-state index contributed by atoms with van der Waals surface area (Å²) in [6.45, 7) is 0. The summed E-state index contributed by atoms with van der Waals surface area (Å²) in [6, 6.07) is 0. The van der Waals surface area contributed by atoms with Gasteiger partial charge >= 0.3 is 86.9 Å². The van der Waals surface area contributed by atoms with E-state index >= 15 is 0 Å². The Labute approximate surface area is 114 Å². The summed E-state index contributed by atoms with van der Waals surface area (Å²) < 4.78 is 6.20. The molecule has 1 rings (SSSR count). The molecule has 0 saturated carbocycles. The van der Waals surface area contributed by atoms with Crippen molar-refractivity contribution in [2.24, 2.45) is 0 Å². The van der Waals surface area contributed by atoms with Crippen LogP contribution in [-0.2, 0) is 0 Å². The fourth-order valence-electron chi connectivity index (χ4n) is 0.873. The Kier molecular flexibility index (Phi) is 10.5. The van der Waals surface area contributed by atoms with Gasteiger partial charge in [-0.3, -0.25) is 0 Å². The Morgan fingerprint density at radius 2 is 1.83 bits per heavy atom. The van der Waals surface area contributed by atoms with E-state index in [2.05, 4.69) is 25.3 Å². The van der Waals surface area contributed by atoms with Crippen LogP contribution < -0.4 is 0 Å². The number of halogens is 1. The largest absolute Gasteiger partial charge is 0.0901 e. The van der Waals surface area contributed by atoms with Gasteiger partial charge in [-0.1, -0.05) is 22.6 Å².